The zero-order chi connectivity index (χ0) is 26.3. The highest BCUT2D eigenvalue weighted by Crippen LogP contribution is 2.19. The average molecular weight is 502 g/mol. The van der Waals surface area contributed by atoms with Gasteiger partial charge in [-0.2, -0.15) is 15.2 Å². The van der Waals surface area contributed by atoms with Crippen molar-refractivity contribution in [3.8, 4) is 6.07 Å². The van der Waals surface area contributed by atoms with Crippen molar-refractivity contribution in [2.45, 2.75) is 58.7 Å². The van der Waals surface area contributed by atoms with Gasteiger partial charge in [0.05, 0.1) is 22.0 Å². The number of benzene rings is 1. The molecule has 1 atom stereocenters. The Hall–Kier alpha value is -3.46. The molecule has 8 N–H and O–H groups in total. The van der Waals surface area contributed by atoms with Gasteiger partial charge in [0.25, 0.3) is 5.56 Å². The van der Waals surface area contributed by atoms with E-state index in [1.807, 2.05) is 6.92 Å². The summed E-state index contributed by atoms with van der Waals surface area (Å²) < 4.78 is 1.63. The summed E-state index contributed by atoms with van der Waals surface area (Å²) in [4.78, 5) is 24.5. The third-order valence-corrected chi connectivity index (χ3v) is 5.29. The molecule has 0 amide bonds. The van der Waals surface area contributed by atoms with E-state index in [0.29, 0.717) is 47.7 Å². The fourth-order valence-corrected chi connectivity index (χ4v) is 3.45. The smallest absolute Gasteiger partial charge is 0.262 e. The van der Waals surface area contributed by atoms with Crippen molar-refractivity contribution in [3.63, 3.8) is 0 Å². The second kappa shape index (κ2) is 11.8. The minimum Gasteiger partial charge on any atom is -0.392 e. The van der Waals surface area contributed by atoms with E-state index in [1.165, 1.54) is 0 Å². The highest BCUT2D eigenvalue weighted by atomic mass is 35.5. The topological polar surface area (TPSA) is 195 Å². The SMILES string of the molecule is CCc1nc2cccc(Cl)c2c(=O)n1CCC(O)CNC(C)(C)C.N#Cc1c(N)nc(N)nc1N. The van der Waals surface area contributed by atoms with Gasteiger partial charge in [-0.05, 0) is 39.3 Å². The Morgan fingerprint density at radius 3 is 2.37 bits per heavy atom. The third-order valence-electron chi connectivity index (χ3n) is 4.98. The number of aliphatic hydroxyl groups excluding tert-OH is 1. The van der Waals surface area contributed by atoms with Crippen LogP contribution in [0.1, 0.15) is 45.5 Å². The zero-order valence-corrected chi connectivity index (χ0v) is 21.1. The molecule has 3 rings (SSSR count). The highest BCUT2D eigenvalue weighted by Gasteiger charge is 2.15. The van der Waals surface area contributed by atoms with Gasteiger partial charge in [0.2, 0.25) is 5.95 Å². The Labute approximate surface area is 209 Å². The molecule has 1 aromatic carbocycles. The lowest BCUT2D eigenvalue weighted by Gasteiger charge is -2.23. The highest BCUT2D eigenvalue weighted by molar-refractivity contribution is 6.35. The van der Waals surface area contributed by atoms with Crippen molar-refractivity contribution >= 4 is 40.1 Å². The summed E-state index contributed by atoms with van der Waals surface area (Å²) in [5, 5.41) is 22.8. The second-order valence-electron chi connectivity index (χ2n) is 8.88. The lowest BCUT2D eigenvalue weighted by atomic mass is 10.1. The number of nitriles is 1. The van der Waals surface area contributed by atoms with Gasteiger partial charge >= 0.3 is 0 Å². The first-order chi connectivity index (χ1) is 16.4. The molecule has 0 bridgehead atoms. The third kappa shape index (κ3) is 7.51. The van der Waals surface area contributed by atoms with Crippen molar-refractivity contribution in [1.82, 2.24) is 24.8 Å². The predicted molar refractivity (Wildman–Crippen MR) is 139 cm³/mol. The van der Waals surface area contributed by atoms with E-state index in [0.717, 1.165) is 0 Å². The van der Waals surface area contributed by atoms with Gasteiger partial charge in [-0.1, -0.05) is 24.6 Å². The molecular weight excluding hydrogens is 470 g/mol. The van der Waals surface area contributed by atoms with Crippen LogP contribution in [0.4, 0.5) is 17.6 Å². The number of aryl methyl sites for hydroxylation is 1. The number of β-amino-alcohol motifs (C(OH)–C–C–N with tert-alkyl or cyclic N) is 1. The Bertz CT molecular complexity index is 1260. The van der Waals surface area contributed by atoms with E-state index < -0.39 is 6.10 Å². The number of hydrogen-bond donors (Lipinski definition) is 5. The summed E-state index contributed by atoms with van der Waals surface area (Å²) in [6, 6.07) is 7.05. The van der Waals surface area contributed by atoms with Gasteiger partial charge in [-0.15, -0.1) is 0 Å². The maximum atomic E-state index is 12.8. The van der Waals surface area contributed by atoms with Crippen LogP contribution < -0.4 is 28.1 Å². The van der Waals surface area contributed by atoms with Crippen LogP contribution >= 0.6 is 11.6 Å². The van der Waals surface area contributed by atoms with E-state index >= 15 is 0 Å². The Kier molecular flexibility index (Phi) is 9.36. The van der Waals surface area contributed by atoms with Crippen molar-refractivity contribution < 1.29 is 5.11 Å². The second-order valence-corrected chi connectivity index (χ2v) is 9.29. The molecular formula is C23H32ClN9O2. The molecule has 0 saturated carbocycles. The first-order valence-corrected chi connectivity index (χ1v) is 11.4. The van der Waals surface area contributed by atoms with Gasteiger partial charge in [0.15, 0.2) is 0 Å². The summed E-state index contributed by atoms with van der Waals surface area (Å²) in [6.07, 6.45) is 0.601. The van der Waals surface area contributed by atoms with Gasteiger partial charge in [0, 0.05) is 25.0 Å². The zero-order valence-electron chi connectivity index (χ0n) is 20.3. The number of fused-ring (bicyclic) bond motifs is 1. The Morgan fingerprint density at radius 2 is 1.83 bits per heavy atom. The molecule has 188 valence electrons. The number of aromatic nitrogens is 4. The molecule has 0 fully saturated rings. The standard InChI is InChI=1S/C18H26ClN3O2.C5H6N6/c1-5-15-21-14-8-6-7-13(19)16(14)17(24)22(15)10-9-12(23)11-20-18(2,3)4;6-1-2-3(7)10-5(9)11-4(2)8/h6-8,12,20,23H,5,9-11H2,1-4H3;(H6,7,8,9,10,11). The number of nitrogens with two attached hydrogens (primary N) is 3. The molecule has 2 heterocycles. The fraction of sp³-hybridized carbons (Fsp3) is 0.435. The molecule has 0 saturated heterocycles. The summed E-state index contributed by atoms with van der Waals surface area (Å²) in [5.41, 5.74) is 16.3. The maximum absolute atomic E-state index is 12.8. The van der Waals surface area contributed by atoms with E-state index in [2.05, 4.69) is 41.0 Å². The number of rotatable bonds is 6. The molecule has 0 aliphatic carbocycles. The molecule has 0 aliphatic rings. The molecule has 0 radical (unpaired) electrons. The number of aliphatic hydroxyl groups is 1. The van der Waals surface area contributed by atoms with E-state index in [9.17, 15) is 9.90 Å². The van der Waals surface area contributed by atoms with Crippen molar-refractivity contribution in [2.75, 3.05) is 23.7 Å². The average Bonchev–Trinajstić information content (AvgIpc) is 2.76. The Morgan fingerprint density at radius 1 is 1.20 bits per heavy atom. The number of nitrogens with one attached hydrogen (secondary N) is 1. The maximum Gasteiger partial charge on any atom is 0.262 e. The number of nitrogens with zero attached hydrogens (tertiary/aromatic N) is 5. The molecule has 3 aromatic rings. The first-order valence-electron chi connectivity index (χ1n) is 11.1. The molecule has 1 unspecified atom stereocenters. The Balaban J connectivity index is 0.000000328. The quantitative estimate of drug-likeness (QED) is 0.332. The molecule has 11 nitrogen and oxygen atoms in total. The number of halogens is 1. The normalized spacial score (nSPS) is 12.0. The molecule has 0 spiro atoms. The first kappa shape index (κ1) is 27.8. The van der Waals surface area contributed by atoms with Crippen LogP contribution in [0.5, 0.6) is 0 Å². The summed E-state index contributed by atoms with van der Waals surface area (Å²) in [5.74, 6) is 0.708. The van der Waals surface area contributed by atoms with Crippen LogP contribution in [0.25, 0.3) is 10.9 Å². The minimum atomic E-state index is -0.525. The van der Waals surface area contributed by atoms with Gasteiger partial charge in [-0.3, -0.25) is 9.36 Å². The van der Waals surface area contributed by atoms with Gasteiger partial charge < -0.3 is 27.6 Å². The van der Waals surface area contributed by atoms with E-state index in [1.54, 1.807) is 28.8 Å². The van der Waals surface area contributed by atoms with Gasteiger partial charge in [0.1, 0.15) is 29.1 Å². The van der Waals surface area contributed by atoms with Crippen LogP contribution in [0.3, 0.4) is 0 Å². The van der Waals surface area contributed by atoms with E-state index in [4.69, 9.17) is 34.1 Å². The van der Waals surface area contributed by atoms with Gasteiger partial charge in [-0.25, -0.2) is 4.98 Å². The number of nitrogen functional groups attached to an aromatic ring is 3. The van der Waals surface area contributed by atoms with Crippen LogP contribution in [-0.4, -0.2) is 42.8 Å². The van der Waals surface area contributed by atoms with Crippen molar-refractivity contribution in [2.24, 2.45) is 0 Å². The lowest BCUT2D eigenvalue weighted by molar-refractivity contribution is 0.145. The van der Waals surface area contributed by atoms with Crippen LogP contribution in [-0.2, 0) is 13.0 Å². The number of anilines is 3. The van der Waals surface area contributed by atoms with Crippen LogP contribution in [0, 0.1) is 11.3 Å². The number of hydrogen-bond acceptors (Lipinski definition) is 10. The monoisotopic (exact) mass is 501 g/mol. The van der Waals surface area contributed by atoms with Crippen LogP contribution in [0.2, 0.25) is 5.02 Å². The largest absolute Gasteiger partial charge is 0.392 e. The van der Waals surface area contributed by atoms with Crippen molar-refractivity contribution in [1.29, 1.82) is 5.26 Å². The van der Waals surface area contributed by atoms with E-state index in [-0.39, 0.29) is 34.2 Å². The lowest BCUT2D eigenvalue weighted by Crippen LogP contribution is -2.41. The fourth-order valence-electron chi connectivity index (χ4n) is 3.20. The molecule has 0 aliphatic heterocycles. The van der Waals surface area contributed by atoms with Crippen LogP contribution in [0.15, 0.2) is 23.0 Å². The predicted octanol–water partition coefficient (Wildman–Crippen LogP) is 1.85. The molecule has 12 heteroatoms. The van der Waals surface area contributed by atoms with Crippen molar-refractivity contribution in [3.05, 3.63) is 45.0 Å². The molecule has 35 heavy (non-hydrogen) atoms. The summed E-state index contributed by atoms with van der Waals surface area (Å²) in [6.45, 7) is 9.02. The minimum absolute atomic E-state index is 0.0116. The molecule has 2 aromatic heterocycles. The summed E-state index contributed by atoms with van der Waals surface area (Å²) >= 11 is 6.18. The summed E-state index contributed by atoms with van der Waals surface area (Å²) in [7, 11) is 0.